The number of rotatable bonds is 2. The van der Waals surface area contributed by atoms with E-state index in [9.17, 15) is 8.78 Å². The molecule has 0 atom stereocenters. The number of fused-ring (bicyclic) bond motifs is 2. The summed E-state index contributed by atoms with van der Waals surface area (Å²) in [6.45, 7) is 0. The average molecular weight is 299 g/mol. The first-order valence-corrected chi connectivity index (χ1v) is 6.86. The van der Waals surface area contributed by atoms with Crippen LogP contribution in [0.2, 0.25) is 0 Å². The van der Waals surface area contributed by atoms with Crippen molar-refractivity contribution in [1.29, 1.82) is 0 Å². The van der Waals surface area contributed by atoms with Crippen molar-refractivity contribution in [3.05, 3.63) is 59.6 Å². The van der Waals surface area contributed by atoms with E-state index in [0.29, 0.717) is 11.3 Å². The predicted molar refractivity (Wildman–Crippen MR) is 75.4 cm³/mol. The maximum Gasteiger partial charge on any atom is 0.282 e. The molecule has 0 aromatic carbocycles. The lowest BCUT2D eigenvalue weighted by atomic mass is 9.94. The standard InChI is InChI=1S/C15H11F2N5/c16-15(17)13-7-19-14-5-4-12(21-22(13)14)9-2-1-3-11-10(9)6-18-8-20-11/h2,4-8,15H,1,3H2. The fourth-order valence-electron chi connectivity index (χ4n) is 2.67. The minimum atomic E-state index is -2.62. The molecule has 3 heterocycles. The Morgan fingerprint density at radius 1 is 1.14 bits per heavy atom. The van der Waals surface area contributed by atoms with Crippen LogP contribution < -0.4 is 0 Å². The van der Waals surface area contributed by atoms with Gasteiger partial charge in [-0.3, -0.25) is 0 Å². The molecule has 0 unspecified atom stereocenters. The molecule has 5 nitrogen and oxygen atoms in total. The summed E-state index contributed by atoms with van der Waals surface area (Å²) in [4.78, 5) is 12.3. The van der Waals surface area contributed by atoms with Crippen LogP contribution in [0.3, 0.4) is 0 Å². The Hall–Kier alpha value is -2.70. The van der Waals surface area contributed by atoms with Gasteiger partial charge >= 0.3 is 0 Å². The van der Waals surface area contributed by atoms with Crippen LogP contribution in [-0.4, -0.2) is 24.6 Å². The lowest BCUT2D eigenvalue weighted by Gasteiger charge is -2.15. The third-order valence-electron chi connectivity index (χ3n) is 3.70. The largest absolute Gasteiger partial charge is 0.282 e. The molecule has 1 aliphatic carbocycles. The van der Waals surface area contributed by atoms with Gasteiger partial charge in [0.2, 0.25) is 0 Å². The Morgan fingerprint density at radius 2 is 2.05 bits per heavy atom. The molecule has 0 fully saturated rings. The summed E-state index contributed by atoms with van der Waals surface area (Å²) in [7, 11) is 0. The second kappa shape index (κ2) is 4.94. The number of aryl methyl sites for hydroxylation is 1. The Labute approximate surface area is 124 Å². The van der Waals surface area contributed by atoms with Crippen molar-refractivity contribution in [1.82, 2.24) is 24.6 Å². The van der Waals surface area contributed by atoms with E-state index in [1.54, 1.807) is 18.3 Å². The van der Waals surface area contributed by atoms with Crippen LogP contribution in [0.4, 0.5) is 8.78 Å². The van der Waals surface area contributed by atoms with Crippen LogP contribution >= 0.6 is 0 Å². The highest BCUT2D eigenvalue weighted by Crippen LogP contribution is 2.29. The number of nitrogens with zero attached hydrogens (tertiary/aromatic N) is 5. The number of imidazole rings is 1. The molecule has 7 heteroatoms. The molecule has 4 rings (SSSR count). The monoisotopic (exact) mass is 299 g/mol. The number of alkyl halides is 2. The highest BCUT2D eigenvalue weighted by Gasteiger charge is 2.19. The Bertz CT molecular complexity index is 885. The summed E-state index contributed by atoms with van der Waals surface area (Å²) in [6, 6.07) is 3.47. The molecule has 0 saturated carbocycles. The van der Waals surface area contributed by atoms with E-state index >= 15 is 0 Å². The lowest BCUT2D eigenvalue weighted by Crippen LogP contribution is -2.07. The summed E-state index contributed by atoms with van der Waals surface area (Å²) >= 11 is 0. The summed E-state index contributed by atoms with van der Waals surface area (Å²) in [5.74, 6) is 0. The van der Waals surface area contributed by atoms with Gasteiger partial charge in [-0.15, -0.1) is 0 Å². The van der Waals surface area contributed by atoms with Crippen molar-refractivity contribution in [2.75, 3.05) is 0 Å². The van der Waals surface area contributed by atoms with Gasteiger partial charge in [-0.1, -0.05) is 6.08 Å². The lowest BCUT2D eigenvalue weighted by molar-refractivity contribution is 0.143. The van der Waals surface area contributed by atoms with E-state index in [1.807, 2.05) is 6.08 Å². The first-order valence-electron chi connectivity index (χ1n) is 6.86. The summed E-state index contributed by atoms with van der Waals surface area (Å²) in [6.07, 6.45) is 5.52. The molecule has 3 aromatic rings. The van der Waals surface area contributed by atoms with Gasteiger partial charge in [0.25, 0.3) is 6.43 Å². The third kappa shape index (κ3) is 1.97. The number of hydrogen-bond acceptors (Lipinski definition) is 4. The van der Waals surface area contributed by atoms with Crippen molar-refractivity contribution in [3.63, 3.8) is 0 Å². The first kappa shape index (κ1) is 13.0. The maximum atomic E-state index is 13.0. The molecule has 110 valence electrons. The van der Waals surface area contributed by atoms with E-state index in [4.69, 9.17) is 0 Å². The molecule has 0 aliphatic heterocycles. The average Bonchev–Trinajstić information content (AvgIpc) is 2.97. The molecular formula is C15H11F2N5. The second-order valence-electron chi connectivity index (χ2n) is 5.01. The van der Waals surface area contributed by atoms with E-state index in [2.05, 4.69) is 20.1 Å². The van der Waals surface area contributed by atoms with Gasteiger partial charge < -0.3 is 0 Å². The number of allylic oxidation sites excluding steroid dienone is 1. The molecule has 0 radical (unpaired) electrons. The van der Waals surface area contributed by atoms with Crippen molar-refractivity contribution in [3.8, 4) is 0 Å². The van der Waals surface area contributed by atoms with Crippen molar-refractivity contribution in [2.24, 2.45) is 0 Å². The third-order valence-corrected chi connectivity index (χ3v) is 3.70. The maximum absolute atomic E-state index is 13.0. The van der Waals surface area contributed by atoms with Gasteiger partial charge in [-0.25, -0.2) is 28.2 Å². The molecule has 3 aromatic heterocycles. The predicted octanol–water partition coefficient (Wildman–Crippen LogP) is 2.83. The van der Waals surface area contributed by atoms with E-state index < -0.39 is 6.43 Å². The van der Waals surface area contributed by atoms with Crippen LogP contribution in [0, 0.1) is 0 Å². The van der Waals surface area contributed by atoms with Crippen LogP contribution in [0.1, 0.15) is 35.5 Å². The zero-order chi connectivity index (χ0) is 15.1. The fraction of sp³-hybridized carbons (Fsp3) is 0.200. The van der Waals surface area contributed by atoms with Gasteiger partial charge in [0.15, 0.2) is 5.65 Å². The van der Waals surface area contributed by atoms with Crippen LogP contribution in [0.15, 0.2) is 36.9 Å². The van der Waals surface area contributed by atoms with E-state index in [1.165, 1.54) is 10.8 Å². The van der Waals surface area contributed by atoms with Crippen molar-refractivity contribution in [2.45, 2.75) is 19.3 Å². The van der Waals surface area contributed by atoms with Crippen LogP contribution in [0.25, 0.3) is 11.2 Å². The van der Waals surface area contributed by atoms with Crippen molar-refractivity contribution < 1.29 is 8.78 Å². The highest BCUT2D eigenvalue weighted by atomic mass is 19.3. The van der Waals surface area contributed by atoms with Gasteiger partial charge in [0.05, 0.1) is 17.6 Å². The fourth-order valence-corrected chi connectivity index (χ4v) is 2.67. The molecule has 0 bridgehead atoms. The molecule has 0 amide bonds. The molecule has 0 N–H and O–H groups in total. The zero-order valence-corrected chi connectivity index (χ0v) is 11.4. The summed E-state index contributed by atoms with van der Waals surface area (Å²) < 4.78 is 27.2. The first-order chi connectivity index (χ1) is 10.7. The second-order valence-corrected chi connectivity index (χ2v) is 5.01. The molecule has 0 saturated heterocycles. The van der Waals surface area contributed by atoms with Crippen LogP contribution in [-0.2, 0) is 6.42 Å². The van der Waals surface area contributed by atoms with E-state index in [-0.39, 0.29) is 5.69 Å². The zero-order valence-electron chi connectivity index (χ0n) is 11.4. The van der Waals surface area contributed by atoms with Gasteiger partial charge in [0, 0.05) is 17.3 Å². The Balaban J connectivity index is 1.88. The normalized spacial score (nSPS) is 14.2. The van der Waals surface area contributed by atoms with Crippen LogP contribution in [0.5, 0.6) is 0 Å². The van der Waals surface area contributed by atoms with Crippen molar-refractivity contribution >= 4 is 11.2 Å². The number of aromatic nitrogens is 5. The number of halogens is 2. The van der Waals surface area contributed by atoms with Gasteiger partial charge in [0.1, 0.15) is 12.0 Å². The SMILES string of the molecule is FC(F)c1cnc2ccc(C3=CCCc4ncncc43)nn12. The highest BCUT2D eigenvalue weighted by molar-refractivity contribution is 5.79. The molecule has 0 spiro atoms. The smallest absolute Gasteiger partial charge is 0.244 e. The molecular weight excluding hydrogens is 288 g/mol. The van der Waals surface area contributed by atoms with E-state index in [0.717, 1.165) is 35.9 Å². The summed E-state index contributed by atoms with van der Waals surface area (Å²) in [5, 5.41) is 4.33. The van der Waals surface area contributed by atoms with Gasteiger partial charge in [-0.2, -0.15) is 5.10 Å². The quantitative estimate of drug-likeness (QED) is 0.730. The van der Waals surface area contributed by atoms with Gasteiger partial charge in [-0.05, 0) is 25.0 Å². The minimum Gasteiger partial charge on any atom is -0.244 e. The minimum absolute atomic E-state index is 0.210. The Kier molecular flexibility index (Phi) is 2.92. The Morgan fingerprint density at radius 3 is 2.91 bits per heavy atom. The summed E-state index contributed by atoms with van der Waals surface area (Å²) in [5.41, 5.74) is 3.53. The number of hydrogen-bond donors (Lipinski definition) is 0. The topological polar surface area (TPSA) is 56.0 Å². The molecule has 1 aliphatic rings. The molecule has 22 heavy (non-hydrogen) atoms.